The lowest BCUT2D eigenvalue weighted by Gasteiger charge is -2.04. The molecule has 128 valence electrons. The zero-order chi connectivity index (χ0) is 18.1. The SMILES string of the molecule is O=C(Nc1cnc(-c2cccc(O)c2)nc1)c1cc2cc(Cl)ccc2o1. The number of hydrogen-bond acceptors (Lipinski definition) is 5. The van der Waals surface area contributed by atoms with Crippen molar-refractivity contribution in [3.05, 3.63) is 71.7 Å². The smallest absolute Gasteiger partial charge is 0.291 e. The van der Waals surface area contributed by atoms with E-state index in [0.717, 1.165) is 5.39 Å². The Bertz CT molecular complexity index is 1110. The van der Waals surface area contributed by atoms with Gasteiger partial charge in [0.2, 0.25) is 0 Å². The maximum absolute atomic E-state index is 12.3. The third kappa shape index (κ3) is 3.22. The minimum absolute atomic E-state index is 0.133. The summed E-state index contributed by atoms with van der Waals surface area (Å²) in [5.74, 6) is 0.330. The van der Waals surface area contributed by atoms with E-state index in [0.29, 0.717) is 27.7 Å². The minimum atomic E-state index is -0.411. The molecule has 2 N–H and O–H groups in total. The fourth-order valence-corrected chi connectivity index (χ4v) is 2.69. The summed E-state index contributed by atoms with van der Waals surface area (Å²) in [7, 11) is 0. The number of rotatable bonds is 3. The standard InChI is InChI=1S/C19H12ClN3O3/c20-13-4-5-16-12(6-13)8-17(26-16)19(25)23-14-9-21-18(22-10-14)11-2-1-3-15(24)7-11/h1-10,24H,(H,23,25). The fraction of sp³-hybridized carbons (Fsp3) is 0. The fourth-order valence-electron chi connectivity index (χ4n) is 2.51. The van der Waals surface area contributed by atoms with Crippen LogP contribution in [-0.2, 0) is 0 Å². The van der Waals surface area contributed by atoms with Crippen LogP contribution in [0.25, 0.3) is 22.4 Å². The second kappa shape index (κ2) is 6.50. The van der Waals surface area contributed by atoms with Crippen LogP contribution in [-0.4, -0.2) is 21.0 Å². The van der Waals surface area contributed by atoms with E-state index >= 15 is 0 Å². The summed E-state index contributed by atoms with van der Waals surface area (Å²) >= 11 is 5.94. The lowest BCUT2D eigenvalue weighted by Crippen LogP contribution is -2.11. The van der Waals surface area contributed by atoms with Gasteiger partial charge in [-0.15, -0.1) is 0 Å². The predicted octanol–water partition coefficient (Wildman–Crippen LogP) is 4.50. The Morgan fingerprint density at radius 3 is 2.65 bits per heavy atom. The summed E-state index contributed by atoms with van der Waals surface area (Å²) in [4.78, 5) is 20.8. The summed E-state index contributed by atoms with van der Waals surface area (Å²) in [6.07, 6.45) is 2.98. The Kier molecular flexibility index (Phi) is 4.02. The number of anilines is 1. The van der Waals surface area contributed by atoms with E-state index in [1.165, 1.54) is 12.4 Å². The molecule has 0 atom stereocenters. The predicted molar refractivity (Wildman–Crippen MR) is 98.3 cm³/mol. The third-order valence-electron chi connectivity index (χ3n) is 3.72. The van der Waals surface area contributed by atoms with Crippen molar-refractivity contribution in [1.82, 2.24) is 9.97 Å². The number of amides is 1. The molecular weight excluding hydrogens is 354 g/mol. The van der Waals surface area contributed by atoms with Gasteiger partial charge >= 0.3 is 0 Å². The number of furan rings is 1. The monoisotopic (exact) mass is 365 g/mol. The second-order valence-electron chi connectivity index (χ2n) is 5.59. The molecule has 4 aromatic rings. The number of phenols is 1. The number of nitrogens with zero attached hydrogens (tertiary/aromatic N) is 2. The highest BCUT2D eigenvalue weighted by atomic mass is 35.5. The second-order valence-corrected chi connectivity index (χ2v) is 6.03. The summed E-state index contributed by atoms with van der Waals surface area (Å²) in [6, 6.07) is 13.4. The van der Waals surface area contributed by atoms with Crippen molar-refractivity contribution in [2.45, 2.75) is 0 Å². The highest BCUT2D eigenvalue weighted by Gasteiger charge is 2.13. The Morgan fingerprint density at radius 2 is 1.88 bits per heavy atom. The Hall–Kier alpha value is -3.38. The van der Waals surface area contributed by atoms with Gasteiger partial charge in [-0.05, 0) is 36.4 Å². The number of hydrogen-bond donors (Lipinski definition) is 2. The first kappa shape index (κ1) is 16.1. The van der Waals surface area contributed by atoms with E-state index in [-0.39, 0.29) is 11.5 Å². The van der Waals surface area contributed by atoms with E-state index in [9.17, 15) is 9.90 Å². The summed E-state index contributed by atoms with van der Waals surface area (Å²) in [5.41, 5.74) is 1.68. The van der Waals surface area contributed by atoms with Crippen molar-refractivity contribution in [3.8, 4) is 17.1 Å². The van der Waals surface area contributed by atoms with Crippen LogP contribution in [0.3, 0.4) is 0 Å². The molecule has 6 nitrogen and oxygen atoms in total. The van der Waals surface area contributed by atoms with Gasteiger partial charge in [0.05, 0.1) is 18.1 Å². The van der Waals surface area contributed by atoms with Crippen molar-refractivity contribution in [2.24, 2.45) is 0 Å². The van der Waals surface area contributed by atoms with Crippen molar-refractivity contribution in [1.29, 1.82) is 0 Å². The lowest BCUT2D eigenvalue weighted by atomic mass is 10.2. The zero-order valence-corrected chi connectivity index (χ0v) is 14.1. The van der Waals surface area contributed by atoms with Gasteiger partial charge in [0, 0.05) is 16.0 Å². The van der Waals surface area contributed by atoms with E-state index in [1.54, 1.807) is 48.5 Å². The molecule has 0 spiro atoms. The van der Waals surface area contributed by atoms with Crippen LogP contribution >= 0.6 is 11.6 Å². The third-order valence-corrected chi connectivity index (χ3v) is 3.95. The van der Waals surface area contributed by atoms with Gasteiger partial charge in [0.25, 0.3) is 5.91 Å². The summed E-state index contributed by atoms with van der Waals surface area (Å²) in [5, 5.41) is 13.5. The molecule has 2 aromatic carbocycles. The highest BCUT2D eigenvalue weighted by molar-refractivity contribution is 6.31. The average molecular weight is 366 g/mol. The van der Waals surface area contributed by atoms with Gasteiger partial charge in [0.15, 0.2) is 11.6 Å². The van der Waals surface area contributed by atoms with Gasteiger partial charge in [-0.2, -0.15) is 0 Å². The molecular formula is C19H12ClN3O3. The minimum Gasteiger partial charge on any atom is -0.508 e. The maximum Gasteiger partial charge on any atom is 0.291 e. The molecule has 0 unspecified atom stereocenters. The van der Waals surface area contributed by atoms with Crippen LogP contribution in [0.4, 0.5) is 5.69 Å². The summed E-state index contributed by atoms with van der Waals surface area (Å²) in [6.45, 7) is 0. The maximum atomic E-state index is 12.3. The van der Waals surface area contributed by atoms with Crippen LogP contribution in [0.5, 0.6) is 5.75 Å². The van der Waals surface area contributed by atoms with Gasteiger partial charge in [-0.1, -0.05) is 23.7 Å². The molecule has 0 fully saturated rings. The van der Waals surface area contributed by atoms with Gasteiger partial charge in [0.1, 0.15) is 11.3 Å². The van der Waals surface area contributed by atoms with Crippen LogP contribution in [0.15, 0.2) is 65.3 Å². The largest absolute Gasteiger partial charge is 0.508 e. The molecule has 4 rings (SSSR count). The number of phenolic OH excluding ortho intramolecular Hbond substituents is 1. The molecule has 0 bridgehead atoms. The van der Waals surface area contributed by atoms with Crippen molar-refractivity contribution < 1.29 is 14.3 Å². The molecule has 2 heterocycles. The molecule has 7 heteroatoms. The normalized spacial score (nSPS) is 10.8. The van der Waals surface area contributed by atoms with Gasteiger partial charge in [-0.25, -0.2) is 9.97 Å². The van der Waals surface area contributed by atoms with Crippen LogP contribution in [0.1, 0.15) is 10.6 Å². The van der Waals surface area contributed by atoms with Crippen molar-refractivity contribution in [2.75, 3.05) is 5.32 Å². The van der Waals surface area contributed by atoms with Crippen molar-refractivity contribution >= 4 is 34.2 Å². The number of benzene rings is 2. The van der Waals surface area contributed by atoms with E-state index in [1.807, 2.05) is 0 Å². The van der Waals surface area contributed by atoms with Gasteiger partial charge in [-0.3, -0.25) is 4.79 Å². The van der Waals surface area contributed by atoms with Crippen LogP contribution in [0.2, 0.25) is 5.02 Å². The zero-order valence-electron chi connectivity index (χ0n) is 13.3. The molecule has 0 aliphatic rings. The Labute approximate surface area is 153 Å². The number of carbonyl (C=O) groups is 1. The van der Waals surface area contributed by atoms with E-state index in [2.05, 4.69) is 15.3 Å². The van der Waals surface area contributed by atoms with Crippen LogP contribution < -0.4 is 5.32 Å². The highest BCUT2D eigenvalue weighted by Crippen LogP contribution is 2.24. The molecule has 0 saturated heterocycles. The van der Waals surface area contributed by atoms with E-state index < -0.39 is 5.91 Å². The molecule has 1 amide bonds. The molecule has 2 aromatic heterocycles. The van der Waals surface area contributed by atoms with Gasteiger partial charge < -0.3 is 14.8 Å². The number of halogens is 1. The quantitative estimate of drug-likeness (QED) is 0.558. The van der Waals surface area contributed by atoms with Crippen LogP contribution in [0, 0.1) is 0 Å². The average Bonchev–Trinajstić information content (AvgIpc) is 3.05. The van der Waals surface area contributed by atoms with E-state index in [4.69, 9.17) is 16.0 Å². The number of aromatic hydroxyl groups is 1. The van der Waals surface area contributed by atoms with Crippen molar-refractivity contribution in [3.63, 3.8) is 0 Å². The molecule has 0 aliphatic carbocycles. The molecule has 0 saturated carbocycles. The number of carbonyl (C=O) groups excluding carboxylic acids is 1. The first-order valence-corrected chi connectivity index (χ1v) is 8.08. The Morgan fingerprint density at radius 1 is 1.08 bits per heavy atom. The number of aromatic nitrogens is 2. The Balaban J connectivity index is 1.53. The molecule has 0 radical (unpaired) electrons. The number of nitrogens with one attached hydrogen (secondary N) is 1. The molecule has 26 heavy (non-hydrogen) atoms. The molecule has 0 aliphatic heterocycles. The number of fused-ring (bicyclic) bond motifs is 1. The topological polar surface area (TPSA) is 88.2 Å². The summed E-state index contributed by atoms with van der Waals surface area (Å²) < 4.78 is 5.52. The first-order valence-electron chi connectivity index (χ1n) is 7.70. The first-order chi connectivity index (χ1) is 12.6. The lowest BCUT2D eigenvalue weighted by molar-refractivity contribution is 0.0998.